The number of rotatable bonds is 6. The fourth-order valence-electron chi connectivity index (χ4n) is 2.90. The van der Waals surface area contributed by atoms with Crippen molar-refractivity contribution in [2.75, 3.05) is 5.32 Å². The van der Waals surface area contributed by atoms with Crippen molar-refractivity contribution >= 4 is 39.8 Å². The topological polar surface area (TPSA) is 90.9 Å². The molecule has 2 N–H and O–H groups in total. The summed E-state index contributed by atoms with van der Waals surface area (Å²) in [5.74, 6) is -1.21. The Morgan fingerprint density at radius 1 is 1.14 bits per heavy atom. The molecule has 9 heteroatoms. The molecule has 0 spiro atoms. The second-order valence-electron chi connectivity index (χ2n) is 6.99. The number of hydrazone groups is 1. The third-order valence-electron chi connectivity index (χ3n) is 4.66. The van der Waals surface area contributed by atoms with Gasteiger partial charge < -0.3 is 10.6 Å². The molecule has 2 aromatic rings. The van der Waals surface area contributed by atoms with E-state index in [4.69, 9.17) is 0 Å². The van der Waals surface area contributed by atoms with E-state index in [1.54, 1.807) is 23.6 Å². The Balaban J connectivity index is 1.45. The summed E-state index contributed by atoms with van der Waals surface area (Å²) >= 11 is 1.26. The molecule has 1 saturated carbocycles. The lowest BCUT2D eigenvalue weighted by atomic mass is 10.1. The zero-order valence-electron chi connectivity index (χ0n) is 15.5. The summed E-state index contributed by atoms with van der Waals surface area (Å²) in [7, 11) is 0. The Morgan fingerprint density at radius 3 is 2.62 bits per heavy atom. The maximum atomic E-state index is 13.1. The smallest absolute Gasteiger partial charge is 0.272 e. The van der Waals surface area contributed by atoms with Crippen LogP contribution in [-0.4, -0.2) is 34.5 Å². The fourth-order valence-corrected chi connectivity index (χ4v) is 3.68. The van der Waals surface area contributed by atoms with Gasteiger partial charge in [-0.25, -0.2) is 9.40 Å². The molecule has 1 aliphatic carbocycles. The number of halogens is 1. The molecule has 0 unspecified atom stereocenters. The molecule has 1 aliphatic heterocycles. The number of nitrogens with zero attached hydrogens (tertiary/aromatic N) is 2. The van der Waals surface area contributed by atoms with Crippen LogP contribution >= 0.6 is 11.3 Å². The van der Waals surface area contributed by atoms with Crippen molar-refractivity contribution in [2.45, 2.75) is 38.3 Å². The van der Waals surface area contributed by atoms with Crippen LogP contribution in [0.4, 0.5) is 9.39 Å². The van der Waals surface area contributed by atoms with Gasteiger partial charge >= 0.3 is 0 Å². The SMILES string of the molecule is O=C(Nc1sccc1C(=O)NC1CC1)C1=NN(Cc2ccc(F)cc2)C(=O)CC1. The van der Waals surface area contributed by atoms with Gasteiger partial charge in [-0.15, -0.1) is 11.3 Å². The Bertz CT molecular complexity index is 982. The quantitative estimate of drug-likeness (QED) is 0.762. The van der Waals surface area contributed by atoms with E-state index in [2.05, 4.69) is 15.7 Å². The zero-order valence-corrected chi connectivity index (χ0v) is 16.3. The highest BCUT2D eigenvalue weighted by Gasteiger charge is 2.28. The van der Waals surface area contributed by atoms with Gasteiger partial charge in [0.25, 0.3) is 11.8 Å². The monoisotopic (exact) mass is 414 g/mol. The van der Waals surface area contributed by atoms with E-state index in [1.165, 1.54) is 28.5 Å². The molecule has 3 amide bonds. The molecular weight excluding hydrogens is 395 g/mol. The van der Waals surface area contributed by atoms with Gasteiger partial charge in [0, 0.05) is 18.9 Å². The second-order valence-corrected chi connectivity index (χ2v) is 7.91. The van der Waals surface area contributed by atoms with Crippen molar-refractivity contribution in [2.24, 2.45) is 5.10 Å². The molecule has 2 aliphatic rings. The van der Waals surface area contributed by atoms with Crippen LogP contribution in [0.5, 0.6) is 0 Å². The van der Waals surface area contributed by atoms with Crippen LogP contribution in [-0.2, 0) is 16.1 Å². The van der Waals surface area contributed by atoms with E-state index >= 15 is 0 Å². The molecular formula is C20H19FN4O3S. The maximum absolute atomic E-state index is 13.1. The van der Waals surface area contributed by atoms with Crippen LogP contribution in [0, 0.1) is 5.82 Å². The maximum Gasteiger partial charge on any atom is 0.272 e. The minimum Gasteiger partial charge on any atom is -0.349 e. The minimum atomic E-state index is -0.440. The second kappa shape index (κ2) is 8.12. The average Bonchev–Trinajstić information content (AvgIpc) is 3.40. The first-order chi connectivity index (χ1) is 14.0. The molecule has 0 saturated heterocycles. The molecule has 0 bridgehead atoms. The van der Waals surface area contributed by atoms with Crippen molar-refractivity contribution in [3.05, 3.63) is 52.7 Å². The largest absolute Gasteiger partial charge is 0.349 e. The third-order valence-corrected chi connectivity index (χ3v) is 5.49. The van der Waals surface area contributed by atoms with Gasteiger partial charge in [-0.1, -0.05) is 12.1 Å². The highest BCUT2D eigenvalue weighted by molar-refractivity contribution is 7.14. The number of hydrogen-bond acceptors (Lipinski definition) is 5. The Labute approximate surface area is 170 Å². The summed E-state index contributed by atoms with van der Waals surface area (Å²) in [4.78, 5) is 37.1. The first kappa shape index (κ1) is 19.3. The lowest BCUT2D eigenvalue weighted by Gasteiger charge is -2.23. The normalized spacial score (nSPS) is 16.4. The zero-order chi connectivity index (χ0) is 20.4. The van der Waals surface area contributed by atoms with Gasteiger partial charge in [-0.2, -0.15) is 5.10 Å². The Kier molecular flexibility index (Phi) is 5.39. The van der Waals surface area contributed by atoms with E-state index in [1.807, 2.05) is 0 Å². The molecule has 1 aromatic heterocycles. The number of carbonyl (C=O) groups is 3. The van der Waals surface area contributed by atoms with Crippen molar-refractivity contribution in [1.29, 1.82) is 0 Å². The highest BCUT2D eigenvalue weighted by atomic mass is 32.1. The van der Waals surface area contributed by atoms with E-state index in [0.717, 1.165) is 12.8 Å². The molecule has 2 heterocycles. The molecule has 0 atom stereocenters. The lowest BCUT2D eigenvalue weighted by molar-refractivity contribution is -0.132. The first-order valence-electron chi connectivity index (χ1n) is 9.31. The molecule has 1 fully saturated rings. The fraction of sp³-hybridized carbons (Fsp3) is 0.300. The Morgan fingerprint density at radius 2 is 1.90 bits per heavy atom. The van der Waals surface area contributed by atoms with Gasteiger partial charge in [0.05, 0.1) is 12.1 Å². The van der Waals surface area contributed by atoms with Crippen LogP contribution < -0.4 is 10.6 Å². The van der Waals surface area contributed by atoms with Gasteiger partial charge in [0.15, 0.2) is 0 Å². The van der Waals surface area contributed by atoms with Gasteiger partial charge in [0.2, 0.25) is 5.91 Å². The summed E-state index contributed by atoms with van der Waals surface area (Å²) in [6, 6.07) is 7.66. The van der Waals surface area contributed by atoms with Crippen LogP contribution in [0.2, 0.25) is 0 Å². The predicted molar refractivity (Wildman–Crippen MR) is 107 cm³/mol. The number of anilines is 1. The molecule has 7 nitrogen and oxygen atoms in total. The third kappa shape index (κ3) is 4.68. The number of carbonyl (C=O) groups excluding carboxylic acids is 3. The van der Waals surface area contributed by atoms with E-state index < -0.39 is 5.91 Å². The molecule has 1 aromatic carbocycles. The average molecular weight is 414 g/mol. The highest BCUT2D eigenvalue weighted by Crippen LogP contribution is 2.26. The number of amides is 3. The molecule has 29 heavy (non-hydrogen) atoms. The van der Waals surface area contributed by atoms with E-state index in [-0.39, 0.29) is 48.8 Å². The molecule has 150 valence electrons. The van der Waals surface area contributed by atoms with Gasteiger partial charge in [-0.3, -0.25) is 14.4 Å². The van der Waals surface area contributed by atoms with Crippen LogP contribution in [0.25, 0.3) is 0 Å². The van der Waals surface area contributed by atoms with E-state index in [0.29, 0.717) is 16.1 Å². The standard InChI is InChI=1S/C20H19FN4O3S/c21-13-3-1-12(2-4-13)11-25-17(26)8-7-16(24-25)19(28)23-20-15(9-10-29-20)18(27)22-14-5-6-14/h1-4,9-10,14H,5-8,11H2,(H,22,27)(H,23,28). The summed E-state index contributed by atoms with van der Waals surface area (Å²) in [5.41, 5.74) is 1.35. The molecule has 4 rings (SSSR count). The Hall–Kier alpha value is -3.07. The summed E-state index contributed by atoms with van der Waals surface area (Å²) in [6.45, 7) is 0.157. The van der Waals surface area contributed by atoms with Gasteiger partial charge in [0.1, 0.15) is 16.5 Å². The van der Waals surface area contributed by atoms with Crippen molar-refractivity contribution in [3.63, 3.8) is 0 Å². The number of benzene rings is 1. The predicted octanol–water partition coefficient (Wildman–Crippen LogP) is 2.90. The lowest BCUT2D eigenvalue weighted by Crippen LogP contribution is -2.36. The van der Waals surface area contributed by atoms with Crippen LogP contribution in [0.15, 0.2) is 40.8 Å². The van der Waals surface area contributed by atoms with Crippen LogP contribution in [0.1, 0.15) is 41.6 Å². The molecule has 0 radical (unpaired) electrons. The summed E-state index contributed by atoms with van der Waals surface area (Å²) < 4.78 is 13.1. The summed E-state index contributed by atoms with van der Waals surface area (Å²) in [6.07, 6.45) is 2.34. The van der Waals surface area contributed by atoms with Crippen LogP contribution in [0.3, 0.4) is 0 Å². The van der Waals surface area contributed by atoms with Gasteiger partial charge in [-0.05, 0) is 42.0 Å². The van der Waals surface area contributed by atoms with E-state index in [9.17, 15) is 18.8 Å². The van der Waals surface area contributed by atoms with Crippen molar-refractivity contribution in [1.82, 2.24) is 10.3 Å². The van der Waals surface area contributed by atoms with Crippen molar-refractivity contribution in [3.8, 4) is 0 Å². The van der Waals surface area contributed by atoms with Crippen molar-refractivity contribution < 1.29 is 18.8 Å². The summed E-state index contributed by atoms with van der Waals surface area (Å²) in [5, 5.41) is 13.3. The number of thiophene rings is 1. The number of nitrogens with one attached hydrogen (secondary N) is 2. The minimum absolute atomic E-state index is 0.157. The number of hydrogen-bond donors (Lipinski definition) is 2. The first-order valence-corrected chi connectivity index (χ1v) is 10.2.